The Labute approximate surface area is 115 Å². The number of amides is 2. The van der Waals surface area contributed by atoms with Gasteiger partial charge in [0.25, 0.3) is 0 Å². The van der Waals surface area contributed by atoms with Gasteiger partial charge in [-0.1, -0.05) is 6.92 Å². The van der Waals surface area contributed by atoms with Crippen LogP contribution in [0.15, 0.2) is 0 Å². The first-order valence-corrected chi connectivity index (χ1v) is 7.27. The molecule has 1 heterocycles. The summed E-state index contributed by atoms with van der Waals surface area (Å²) in [5.74, 6) is 0.962. The van der Waals surface area contributed by atoms with Gasteiger partial charge in [0, 0.05) is 45.1 Å². The molecule has 1 saturated heterocycles. The summed E-state index contributed by atoms with van der Waals surface area (Å²) in [7, 11) is 0. The predicted molar refractivity (Wildman–Crippen MR) is 73.3 cm³/mol. The summed E-state index contributed by atoms with van der Waals surface area (Å²) in [5.41, 5.74) is 6.02. The molecule has 2 aliphatic rings. The normalized spacial score (nSPS) is 32.3. The molecule has 3 unspecified atom stereocenters. The summed E-state index contributed by atoms with van der Waals surface area (Å²) in [4.78, 5) is 27.5. The summed E-state index contributed by atoms with van der Waals surface area (Å²) in [6, 6.07) is 0.163. The monoisotopic (exact) mass is 267 g/mol. The number of carbonyl (C=O) groups excluding carboxylic acids is 2. The molecular weight excluding hydrogens is 242 g/mol. The van der Waals surface area contributed by atoms with Crippen LogP contribution in [0, 0.1) is 11.8 Å². The second-order valence-electron chi connectivity index (χ2n) is 6.10. The molecule has 0 bridgehead atoms. The molecule has 5 nitrogen and oxygen atoms in total. The van der Waals surface area contributed by atoms with Crippen LogP contribution in [0.3, 0.4) is 0 Å². The second kappa shape index (κ2) is 5.90. The third kappa shape index (κ3) is 3.47. The number of carbonyl (C=O) groups is 2. The van der Waals surface area contributed by atoms with Crippen LogP contribution in [0.25, 0.3) is 0 Å². The minimum Gasteiger partial charge on any atom is -0.339 e. The standard InChI is InChI=1S/C14H25N3O2/c1-10-7-12(9-13(15)8-10)14(19)17-5-3-16(4-6-17)11(2)18/h10,12-13H,3-9,15H2,1-2H3. The van der Waals surface area contributed by atoms with Crippen LogP contribution in [0.5, 0.6) is 0 Å². The van der Waals surface area contributed by atoms with E-state index in [0.717, 1.165) is 19.3 Å². The van der Waals surface area contributed by atoms with Crippen LogP contribution < -0.4 is 5.73 Å². The number of nitrogens with two attached hydrogens (primary N) is 1. The fraction of sp³-hybridized carbons (Fsp3) is 0.857. The van der Waals surface area contributed by atoms with Gasteiger partial charge in [-0.05, 0) is 25.2 Å². The van der Waals surface area contributed by atoms with Gasteiger partial charge in [0.2, 0.25) is 11.8 Å². The smallest absolute Gasteiger partial charge is 0.225 e. The van der Waals surface area contributed by atoms with E-state index in [1.807, 2.05) is 4.90 Å². The Bertz CT molecular complexity index is 341. The highest BCUT2D eigenvalue weighted by Gasteiger charge is 2.33. The van der Waals surface area contributed by atoms with Crippen molar-refractivity contribution >= 4 is 11.8 Å². The van der Waals surface area contributed by atoms with Crippen molar-refractivity contribution in [1.82, 2.24) is 9.80 Å². The SMILES string of the molecule is CC(=O)N1CCN(C(=O)C2CC(C)CC(N)C2)CC1. The molecule has 0 aromatic rings. The Kier molecular flexibility index (Phi) is 4.45. The fourth-order valence-electron chi connectivity index (χ4n) is 3.36. The maximum absolute atomic E-state index is 12.5. The lowest BCUT2D eigenvalue weighted by Gasteiger charge is -2.38. The summed E-state index contributed by atoms with van der Waals surface area (Å²) < 4.78 is 0. The zero-order valence-corrected chi connectivity index (χ0v) is 12.0. The number of hydrogen-bond acceptors (Lipinski definition) is 3. The van der Waals surface area contributed by atoms with Crippen molar-refractivity contribution in [3.63, 3.8) is 0 Å². The molecule has 2 amide bonds. The van der Waals surface area contributed by atoms with E-state index in [0.29, 0.717) is 32.1 Å². The third-order valence-corrected chi connectivity index (χ3v) is 4.37. The Morgan fingerprint density at radius 2 is 1.58 bits per heavy atom. The average molecular weight is 267 g/mol. The first-order valence-electron chi connectivity index (χ1n) is 7.27. The lowest BCUT2D eigenvalue weighted by molar-refractivity contribution is -0.142. The lowest BCUT2D eigenvalue weighted by Crippen LogP contribution is -2.52. The zero-order chi connectivity index (χ0) is 14.0. The van der Waals surface area contributed by atoms with Crippen LogP contribution in [0.4, 0.5) is 0 Å². The highest BCUT2D eigenvalue weighted by Crippen LogP contribution is 2.29. The second-order valence-corrected chi connectivity index (χ2v) is 6.10. The van der Waals surface area contributed by atoms with Crippen molar-refractivity contribution in [3.05, 3.63) is 0 Å². The molecule has 0 spiro atoms. The van der Waals surface area contributed by atoms with Gasteiger partial charge in [0.15, 0.2) is 0 Å². The van der Waals surface area contributed by atoms with E-state index in [2.05, 4.69) is 6.92 Å². The molecule has 1 saturated carbocycles. The Hall–Kier alpha value is -1.10. The molecule has 108 valence electrons. The van der Waals surface area contributed by atoms with Gasteiger partial charge in [-0.3, -0.25) is 9.59 Å². The highest BCUT2D eigenvalue weighted by atomic mass is 16.2. The first kappa shape index (κ1) is 14.3. The maximum Gasteiger partial charge on any atom is 0.225 e. The van der Waals surface area contributed by atoms with Gasteiger partial charge in [-0.25, -0.2) is 0 Å². The lowest BCUT2D eigenvalue weighted by atomic mass is 9.79. The Morgan fingerprint density at radius 1 is 1.00 bits per heavy atom. The number of rotatable bonds is 1. The molecule has 2 rings (SSSR count). The minimum atomic E-state index is 0.0858. The van der Waals surface area contributed by atoms with Gasteiger partial charge in [-0.2, -0.15) is 0 Å². The summed E-state index contributed by atoms with van der Waals surface area (Å²) in [5, 5.41) is 0. The van der Waals surface area contributed by atoms with E-state index in [1.54, 1.807) is 11.8 Å². The fourth-order valence-corrected chi connectivity index (χ4v) is 3.36. The first-order chi connectivity index (χ1) is 8.97. The van der Waals surface area contributed by atoms with Crippen molar-refractivity contribution < 1.29 is 9.59 Å². The van der Waals surface area contributed by atoms with Crippen molar-refractivity contribution in [2.45, 2.75) is 39.2 Å². The van der Waals surface area contributed by atoms with Crippen molar-refractivity contribution in [1.29, 1.82) is 0 Å². The molecule has 0 aromatic carbocycles. The number of nitrogens with zero attached hydrogens (tertiary/aromatic N) is 2. The average Bonchev–Trinajstić information content (AvgIpc) is 2.37. The zero-order valence-electron chi connectivity index (χ0n) is 12.0. The summed E-state index contributed by atoms with van der Waals surface area (Å²) in [6.45, 7) is 6.41. The quantitative estimate of drug-likeness (QED) is 0.749. The van der Waals surface area contributed by atoms with E-state index in [4.69, 9.17) is 5.73 Å². The van der Waals surface area contributed by atoms with Crippen molar-refractivity contribution in [2.75, 3.05) is 26.2 Å². The van der Waals surface area contributed by atoms with Crippen LogP contribution >= 0.6 is 0 Å². The topological polar surface area (TPSA) is 66.6 Å². The molecule has 0 radical (unpaired) electrons. The van der Waals surface area contributed by atoms with E-state index < -0.39 is 0 Å². The molecule has 19 heavy (non-hydrogen) atoms. The molecule has 2 fully saturated rings. The largest absolute Gasteiger partial charge is 0.339 e. The molecule has 2 N–H and O–H groups in total. The van der Waals surface area contributed by atoms with Gasteiger partial charge in [0.05, 0.1) is 0 Å². The van der Waals surface area contributed by atoms with Gasteiger partial charge < -0.3 is 15.5 Å². The van der Waals surface area contributed by atoms with Gasteiger partial charge in [-0.15, -0.1) is 0 Å². The van der Waals surface area contributed by atoms with Crippen LogP contribution in [0.1, 0.15) is 33.1 Å². The molecular formula is C14H25N3O2. The summed E-state index contributed by atoms with van der Waals surface area (Å²) >= 11 is 0. The molecule has 0 aromatic heterocycles. The van der Waals surface area contributed by atoms with E-state index in [1.165, 1.54) is 0 Å². The van der Waals surface area contributed by atoms with Crippen LogP contribution in [-0.4, -0.2) is 53.8 Å². The van der Waals surface area contributed by atoms with E-state index >= 15 is 0 Å². The molecule has 3 atom stereocenters. The van der Waals surface area contributed by atoms with Crippen molar-refractivity contribution in [2.24, 2.45) is 17.6 Å². The summed E-state index contributed by atoms with van der Waals surface area (Å²) in [6.07, 6.45) is 2.80. The molecule has 1 aliphatic carbocycles. The maximum atomic E-state index is 12.5. The number of piperazine rings is 1. The molecule has 5 heteroatoms. The van der Waals surface area contributed by atoms with E-state index in [9.17, 15) is 9.59 Å². The van der Waals surface area contributed by atoms with Crippen molar-refractivity contribution in [3.8, 4) is 0 Å². The Balaban J connectivity index is 1.88. The van der Waals surface area contributed by atoms with Crippen LogP contribution in [0.2, 0.25) is 0 Å². The highest BCUT2D eigenvalue weighted by molar-refractivity contribution is 5.79. The predicted octanol–water partition coefficient (Wildman–Crippen LogP) is 0.441. The molecule has 1 aliphatic heterocycles. The third-order valence-electron chi connectivity index (χ3n) is 4.37. The minimum absolute atomic E-state index is 0.0858. The van der Waals surface area contributed by atoms with E-state index in [-0.39, 0.29) is 23.8 Å². The van der Waals surface area contributed by atoms with Crippen LogP contribution in [-0.2, 0) is 9.59 Å². The van der Waals surface area contributed by atoms with Gasteiger partial charge in [0.1, 0.15) is 0 Å². The van der Waals surface area contributed by atoms with Gasteiger partial charge >= 0.3 is 0 Å². The number of hydrogen-bond donors (Lipinski definition) is 1. The Morgan fingerprint density at radius 3 is 2.11 bits per heavy atom.